The highest BCUT2D eigenvalue weighted by atomic mass is 16.2. The van der Waals surface area contributed by atoms with Crippen LogP contribution in [-0.4, -0.2) is 32.6 Å². The fourth-order valence-corrected chi connectivity index (χ4v) is 2.53. The second-order valence-electron chi connectivity index (χ2n) is 5.42. The Kier molecular flexibility index (Phi) is 5.69. The molecule has 2 aromatic rings. The number of aromatic nitrogens is 3. The van der Waals surface area contributed by atoms with E-state index in [2.05, 4.69) is 17.0 Å². The summed E-state index contributed by atoms with van der Waals surface area (Å²) in [5.74, 6) is -0.0443. The second kappa shape index (κ2) is 7.73. The third-order valence-corrected chi connectivity index (χ3v) is 3.87. The first-order chi connectivity index (χ1) is 10.7. The fourth-order valence-electron chi connectivity index (χ4n) is 2.53. The molecule has 5 heteroatoms. The second-order valence-corrected chi connectivity index (χ2v) is 5.42. The first-order valence-corrected chi connectivity index (χ1v) is 7.87. The molecule has 1 amide bonds. The zero-order valence-corrected chi connectivity index (χ0v) is 13.6. The molecule has 0 radical (unpaired) electrons. The van der Waals surface area contributed by atoms with Gasteiger partial charge in [0, 0.05) is 32.2 Å². The van der Waals surface area contributed by atoms with Gasteiger partial charge in [0.1, 0.15) is 5.69 Å². The normalized spacial score (nSPS) is 12.1. The van der Waals surface area contributed by atoms with Gasteiger partial charge in [0.2, 0.25) is 0 Å². The van der Waals surface area contributed by atoms with Crippen molar-refractivity contribution in [1.82, 2.24) is 19.7 Å². The number of hydrogen-bond acceptors (Lipinski definition) is 3. The Hall–Kier alpha value is -2.17. The van der Waals surface area contributed by atoms with Gasteiger partial charge in [0.25, 0.3) is 5.91 Å². The molecule has 0 aliphatic heterocycles. The monoisotopic (exact) mass is 300 g/mol. The van der Waals surface area contributed by atoms with Gasteiger partial charge in [-0.2, -0.15) is 5.10 Å². The molecule has 118 valence electrons. The van der Waals surface area contributed by atoms with Crippen molar-refractivity contribution in [3.8, 4) is 0 Å². The number of pyridine rings is 1. The van der Waals surface area contributed by atoms with E-state index < -0.39 is 0 Å². The van der Waals surface area contributed by atoms with E-state index in [4.69, 9.17) is 0 Å². The Balaban J connectivity index is 2.20. The number of aryl methyl sites for hydroxylation is 1. The van der Waals surface area contributed by atoms with Gasteiger partial charge in [-0.3, -0.25) is 14.5 Å². The van der Waals surface area contributed by atoms with Gasteiger partial charge in [0.05, 0.1) is 6.04 Å². The molecule has 1 atom stereocenters. The minimum Gasteiger partial charge on any atom is -0.333 e. The van der Waals surface area contributed by atoms with Crippen LogP contribution in [0.25, 0.3) is 0 Å². The van der Waals surface area contributed by atoms with Gasteiger partial charge in [-0.25, -0.2) is 0 Å². The van der Waals surface area contributed by atoms with Gasteiger partial charge < -0.3 is 4.90 Å². The lowest BCUT2D eigenvalue weighted by molar-refractivity contribution is 0.0713. The third-order valence-electron chi connectivity index (χ3n) is 3.87. The summed E-state index contributed by atoms with van der Waals surface area (Å²) in [5.41, 5.74) is 1.57. The van der Waals surface area contributed by atoms with E-state index in [1.54, 1.807) is 21.8 Å². The lowest BCUT2D eigenvalue weighted by atomic mass is 10.0. The van der Waals surface area contributed by atoms with Crippen LogP contribution < -0.4 is 0 Å². The van der Waals surface area contributed by atoms with Crippen molar-refractivity contribution in [3.05, 3.63) is 48.0 Å². The Bertz CT molecular complexity index is 594. The van der Waals surface area contributed by atoms with Crippen LogP contribution in [0.3, 0.4) is 0 Å². The molecule has 0 aliphatic carbocycles. The van der Waals surface area contributed by atoms with E-state index in [9.17, 15) is 4.79 Å². The molecule has 0 bridgehead atoms. The maximum Gasteiger partial charge on any atom is 0.274 e. The summed E-state index contributed by atoms with van der Waals surface area (Å²) in [7, 11) is 1.85. The number of nitrogens with zero attached hydrogens (tertiary/aromatic N) is 4. The average molecular weight is 300 g/mol. The molecule has 0 aromatic carbocycles. The molecular weight excluding hydrogens is 276 g/mol. The summed E-state index contributed by atoms with van der Waals surface area (Å²) in [6.07, 6.45) is 8.54. The van der Waals surface area contributed by atoms with E-state index in [0.29, 0.717) is 5.69 Å². The quantitative estimate of drug-likeness (QED) is 0.788. The first-order valence-electron chi connectivity index (χ1n) is 7.87. The van der Waals surface area contributed by atoms with Crippen LogP contribution in [0.4, 0.5) is 0 Å². The molecule has 0 aliphatic rings. The highest BCUT2D eigenvalue weighted by Gasteiger charge is 2.24. The van der Waals surface area contributed by atoms with Gasteiger partial charge in [0.15, 0.2) is 0 Å². The lowest BCUT2D eigenvalue weighted by Crippen LogP contribution is -2.31. The fraction of sp³-hybridized carbons (Fsp3) is 0.471. The number of carbonyl (C=O) groups is 1. The zero-order valence-electron chi connectivity index (χ0n) is 13.6. The number of amides is 1. The summed E-state index contributed by atoms with van der Waals surface area (Å²) in [5, 5.41) is 4.32. The summed E-state index contributed by atoms with van der Waals surface area (Å²) >= 11 is 0. The average Bonchev–Trinajstić information content (AvgIpc) is 3.04. The molecule has 0 saturated heterocycles. The van der Waals surface area contributed by atoms with Crippen molar-refractivity contribution in [2.24, 2.45) is 0 Å². The minimum atomic E-state index is -0.0443. The predicted molar refractivity (Wildman–Crippen MR) is 86.5 cm³/mol. The van der Waals surface area contributed by atoms with Gasteiger partial charge in [-0.15, -0.1) is 0 Å². The van der Waals surface area contributed by atoms with Gasteiger partial charge in [-0.1, -0.05) is 25.8 Å². The lowest BCUT2D eigenvalue weighted by Gasteiger charge is -2.28. The summed E-state index contributed by atoms with van der Waals surface area (Å²) in [6, 6.07) is 5.76. The molecule has 2 heterocycles. The molecule has 2 rings (SSSR count). The van der Waals surface area contributed by atoms with Crippen LogP contribution in [0.5, 0.6) is 0 Å². The highest BCUT2D eigenvalue weighted by Crippen LogP contribution is 2.25. The standard InChI is InChI=1S/C17H24N4O/c1-4-6-9-16(14-8-7-11-18-13-14)20(3)17(22)15-10-12-21(5-2)19-15/h7-8,10-13,16H,4-6,9H2,1-3H3. The molecule has 0 spiro atoms. The van der Waals surface area contributed by atoms with E-state index in [0.717, 1.165) is 31.4 Å². The first kappa shape index (κ1) is 16.2. The molecular formula is C17H24N4O. The van der Waals surface area contributed by atoms with Crippen LogP contribution in [0.1, 0.15) is 55.2 Å². The largest absolute Gasteiger partial charge is 0.333 e. The van der Waals surface area contributed by atoms with Crippen LogP contribution >= 0.6 is 0 Å². The van der Waals surface area contributed by atoms with Crippen LogP contribution in [0.15, 0.2) is 36.8 Å². The number of rotatable bonds is 7. The van der Waals surface area contributed by atoms with E-state index in [-0.39, 0.29) is 11.9 Å². The van der Waals surface area contributed by atoms with Crippen molar-refractivity contribution >= 4 is 5.91 Å². The van der Waals surface area contributed by atoms with Crippen molar-refractivity contribution in [2.75, 3.05) is 7.05 Å². The van der Waals surface area contributed by atoms with Gasteiger partial charge >= 0.3 is 0 Å². The molecule has 22 heavy (non-hydrogen) atoms. The summed E-state index contributed by atoms with van der Waals surface area (Å²) < 4.78 is 1.77. The predicted octanol–water partition coefficient (Wildman–Crippen LogP) is 3.30. The molecule has 5 nitrogen and oxygen atoms in total. The zero-order chi connectivity index (χ0) is 15.9. The maximum absolute atomic E-state index is 12.7. The molecule has 0 N–H and O–H groups in total. The van der Waals surface area contributed by atoms with E-state index >= 15 is 0 Å². The van der Waals surface area contributed by atoms with E-state index in [1.165, 1.54) is 0 Å². The van der Waals surface area contributed by atoms with Crippen molar-refractivity contribution < 1.29 is 4.79 Å². The number of carbonyl (C=O) groups excluding carboxylic acids is 1. The van der Waals surface area contributed by atoms with Crippen LogP contribution in [0.2, 0.25) is 0 Å². The highest BCUT2D eigenvalue weighted by molar-refractivity contribution is 5.92. The Morgan fingerprint density at radius 1 is 1.36 bits per heavy atom. The van der Waals surface area contributed by atoms with Crippen molar-refractivity contribution in [2.45, 2.75) is 45.7 Å². The third kappa shape index (κ3) is 3.72. The molecule has 2 aromatic heterocycles. The smallest absolute Gasteiger partial charge is 0.274 e. The summed E-state index contributed by atoms with van der Waals surface area (Å²) in [4.78, 5) is 18.7. The Morgan fingerprint density at radius 2 is 2.18 bits per heavy atom. The van der Waals surface area contributed by atoms with Crippen molar-refractivity contribution in [1.29, 1.82) is 0 Å². The Labute approximate surface area is 132 Å². The summed E-state index contributed by atoms with van der Waals surface area (Å²) in [6.45, 7) is 4.93. The molecule has 1 unspecified atom stereocenters. The number of hydrogen-bond donors (Lipinski definition) is 0. The van der Waals surface area contributed by atoms with E-state index in [1.807, 2.05) is 38.5 Å². The SMILES string of the molecule is CCCCC(c1cccnc1)N(C)C(=O)c1ccn(CC)n1. The van der Waals surface area contributed by atoms with Gasteiger partial charge in [-0.05, 0) is 31.0 Å². The maximum atomic E-state index is 12.7. The topological polar surface area (TPSA) is 51.0 Å². The molecule has 0 fully saturated rings. The minimum absolute atomic E-state index is 0.0351. The molecule has 0 saturated carbocycles. The Morgan fingerprint density at radius 3 is 2.77 bits per heavy atom. The van der Waals surface area contributed by atoms with Crippen LogP contribution in [0, 0.1) is 0 Å². The number of unbranched alkanes of at least 4 members (excludes halogenated alkanes) is 1. The van der Waals surface area contributed by atoms with Crippen molar-refractivity contribution in [3.63, 3.8) is 0 Å². The van der Waals surface area contributed by atoms with Crippen LogP contribution in [-0.2, 0) is 6.54 Å².